The van der Waals surface area contributed by atoms with E-state index in [9.17, 15) is 13.5 Å². The molecule has 0 aliphatic heterocycles. The van der Waals surface area contributed by atoms with Crippen LogP contribution in [0.15, 0.2) is 17.2 Å². The Morgan fingerprint density at radius 3 is 2.52 bits per heavy atom. The molecule has 0 saturated heterocycles. The third kappa shape index (κ3) is 2.53. The predicted octanol–water partition coefficient (Wildman–Crippen LogP) is 1.78. The molecule has 5 nitrogen and oxygen atoms in total. The molecule has 3 fully saturated rings. The van der Waals surface area contributed by atoms with Crippen LogP contribution in [0.1, 0.15) is 50.3 Å². The SMILES string of the molecule is O=S(=O)(NCC1(C2CC2)CC1)c1cc(CO)n(C2CC2)c1. The predicted molar refractivity (Wildman–Crippen MR) is 78.2 cm³/mol. The van der Waals surface area contributed by atoms with Crippen molar-refractivity contribution in [3.63, 3.8) is 0 Å². The zero-order valence-electron chi connectivity index (χ0n) is 12.1. The topological polar surface area (TPSA) is 71.3 Å². The van der Waals surface area contributed by atoms with Crippen molar-refractivity contribution < 1.29 is 13.5 Å². The van der Waals surface area contributed by atoms with Gasteiger partial charge in [0, 0.05) is 24.5 Å². The first-order chi connectivity index (χ1) is 10.0. The minimum absolute atomic E-state index is 0.113. The maximum atomic E-state index is 12.5. The number of sulfonamides is 1. The highest BCUT2D eigenvalue weighted by atomic mass is 32.2. The van der Waals surface area contributed by atoms with Crippen LogP contribution in [0.25, 0.3) is 0 Å². The van der Waals surface area contributed by atoms with Gasteiger partial charge in [0.1, 0.15) is 0 Å². The minimum Gasteiger partial charge on any atom is -0.390 e. The molecule has 3 aliphatic carbocycles. The first-order valence-corrected chi connectivity index (χ1v) is 9.34. The summed E-state index contributed by atoms with van der Waals surface area (Å²) in [6.45, 7) is 0.459. The fourth-order valence-corrected chi connectivity index (χ4v) is 4.56. The van der Waals surface area contributed by atoms with Crippen molar-refractivity contribution in [3.8, 4) is 0 Å². The fraction of sp³-hybridized carbons (Fsp3) is 0.733. The molecule has 1 aromatic rings. The average Bonchev–Trinajstić information content (AvgIpc) is 3.32. The summed E-state index contributed by atoms with van der Waals surface area (Å²) in [6, 6.07) is 1.98. The average molecular weight is 310 g/mol. The van der Waals surface area contributed by atoms with Crippen LogP contribution in [0, 0.1) is 11.3 Å². The number of aliphatic hydroxyl groups excluding tert-OH is 1. The van der Waals surface area contributed by atoms with Crippen molar-refractivity contribution in [2.75, 3.05) is 6.54 Å². The summed E-state index contributed by atoms with van der Waals surface area (Å²) in [5, 5.41) is 9.39. The van der Waals surface area contributed by atoms with Crippen LogP contribution in [0.5, 0.6) is 0 Å². The maximum Gasteiger partial charge on any atom is 0.242 e. The van der Waals surface area contributed by atoms with Gasteiger partial charge in [-0.25, -0.2) is 13.1 Å². The molecule has 3 aliphatic rings. The van der Waals surface area contributed by atoms with E-state index in [0.29, 0.717) is 23.2 Å². The fourth-order valence-electron chi connectivity index (χ4n) is 3.37. The van der Waals surface area contributed by atoms with Gasteiger partial charge in [-0.1, -0.05) is 0 Å². The van der Waals surface area contributed by atoms with Crippen LogP contribution in [0.2, 0.25) is 0 Å². The van der Waals surface area contributed by atoms with Crippen molar-refractivity contribution >= 4 is 10.0 Å². The van der Waals surface area contributed by atoms with Gasteiger partial charge in [0.25, 0.3) is 0 Å². The summed E-state index contributed by atoms with van der Waals surface area (Å²) < 4.78 is 29.7. The number of hydrogen-bond acceptors (Lipinski definition) is 3. The van der Waals surface area contributed by atoms with Crippen LogP contribution >= 0.6 is 0 Å². The van der Waals surface area contributed by atoms with E-state index in [1.165, 1.54) is 12.8 Å². The summed E-state index contributed by atoms with van der Waals surface area (Å²) in [5.74, 6) is 0.740. The molecule has 0 amide bonds. The quantitative estimate of drug-likeness (QED) is 0.806. The molecule has 0 spiro atoms. The summed E-state index contributed by atoms with van der Waals surface area (Å²) in [6.07, 6.45) is 8.65. The third-order valence-electron chi connectivity index (χ3n) is 5.27. The Bertz CT molecular complexity index is 652. The van der Waals surface area contributed by atoms with Crippen LogP contribution in [0.3, 0.4) is 0 Å². The highest BCUT2D eigenvalue weighted by Gasteiger charge is 2.53. The Morgan fingerprint density at radius 1 is 1.29 bits per heavy atom. The monoisotopic (exact) mass is 310 g/mol. The zero-order valence-corrected chi connectivity index (χ0v) is 12.9. The van der Waals surface area contributed by atoms with E-state index in [1.54, 1.807) is 12.3 Å². The molecule has 0 radical (unpaired) electrons. The zero-order chi connectivity index (χ0) is 14.7. The van der Waals surface area contributed by atoms with Crippen LogP contribution < -0.4 is 4.72 Å². The Hall–Kier alpha value is -0.850. The lowest BCUT2D eigenvalue weighted by molar-refractivity contribution is 0.270. The molecule has 21 heavy (non-hydrogen) atoms. The first-order valence-electron chi connectivity index (χ1n) is 7.85. The van der Waals surface area contributed by atoms with Crippen molar-refractivity contribution in [1.29, 1.82) is 0 Å². The second-order valence-electron chi connectivity index (χ2n) is 6.92. The van der Waals surface area contributed by atoms with Gasteiger partial charge >= 0.3 is 0 Å². The molecular formula is C15H22N2O3S. The lowest BCUT2D eigenvalue weighted by Gasteiger charge is -2.14. The lowest BCUT2D eigenvalue weighted by Crippen LogP contribution is -2.31. The molecule has 1 heterocycles. The van der Waals surface area contributed by atoms with E-state index in [4.69, 9.17) is 0 Å². The number of nitrogens with one attached hydrogen (secondary N) is 1. The largest absolute Gasteiger partial charge is 0.390 e. The standard InChI is InChI=1S/C15H22N2O3S/c18-9-13-7-14(8-17(13)12-3-4-12)21(19,20)16-10-15(5-6-15)11-1-2-11/h7-8,11-12,16,18H,1-6,9-10H2. The van der Waals surface area contributed by atoms with E-state index in [0.717, 1.165) is 31.6 Å². The van der Waals surface area contributed by atoms with Gasteiger partial charge in [-0.2, -0.15) is 0 Å². The van der Waals surface area contributed by atoms with Crippen molar-refractivity contribution in [1.82, 2.24) is 9.29 Å². The second-order valence-corrected chi connectivity index (χ2v) is 8.69. The van der Waals surface area contributed by atoms with Crippen molar-refractivity contribution in [3.05, 3.63) is 18.0 Å². The van der Waals surface area contributed by atoms with Gasteiger partial charge in [0.15, 0.2) is 0 Å². The number of aliphatic hydroxyl groups is 1. The van der Waals surface area contributed by atoms with E-state index in [2.05, 4.69) is 4.72 Å². The normalized spacial score (nSPS) is 24.2. The van der Waals surface area contributed by atoms with E-state index < -0.39 is 10.0 Å². The van der Waals surface area contributed by atoms with Gasteiger partial charge in [-0.3, -0.25) is 0 Å². The van der Waals surface area contributed by atoms with Gasteiger partial charge < -0.3 is 9.67 Å². The lowest BCUT2D eigenvalue weighted by atomic mass is 10.0. The summed E-state index contributed by atoms with van der Waals surface area (Å²) >= 11 is 0. The highest BCUT2D eigenvalue weighted by Crippen LogP contribution is 2.60. The number of hydrogen-bond donors (Lipinski definition) is 2. The summed E-state index contributed by atoms with van der Waals surface area (Å²) in [4.78, 5) is 0.296. The molecule has 0 bridgehead atoms. The molecule has 0 unspecified atom stereocenters. The first kappa shape index (κ1) is 13.8. The smallest absolute Gasteiger partial charge is 0.242 e. The van der Waals surface area contributed by atoms with Gasteiger partial charge in [0.05, 0.1) is 11.5 Å². The molecule has 6 heteroatoms. The Balaban J connectivity index is 1.51. The number of nitrogens with zero attached hydrogens (tertiary/aromatic N) is 1. The van der Waals surface area contributed by atoms with Gasteiger partial charge in [-0.15, -0.1) is 0 Å². The number of rotatable bonds is 7. The summed E-state index contributed by atoms with van der Waals surface area (Å²) in [5.41, 5.74) is 0.951. The van der Waals surface area contributed by atoms with E-state index in [1.807, 2.05) is 4.57 Å². The third-order valence-corrected chi connectivity index (χ3v) is 6.64. The molecule has 4 rings (SSSR count). The second kappa shape index (κ2) is 4.57. The Labute approximate surface area is 125 Å². The molecule has 2 N–H and O–H groups in total. The van der Waals surface area contributed by atoms with Crippen molar-refractivity contribution in [2.24, 2.45) is 11.3 Å². The molecule has 1 aromatic heterocycles. The minimum atomic E-state index is -3.46. The van der Waals surface area contributed by atoms with Gasteiger partial charge in [-0.05, 0) is 55.9 Å². The number of aromatic nitrogens is 1. The van der Waals surface area contributed by atoms with Crippen molar-refractivity contribution in [2.45, 2.75) is 56.1 Å². The Morgan fingerprint density at radius 2 is 2.00 bits per heavy atom. The van der Waals surface area contributed by atoms with Gasteiger partial charge in [0.2, 0.25) is 10.0 Å². The molecule has 116 valence electrons. The Kier molecular flexibility index (Phi) is 3.00. The maximum absolute atomic E-state index is 12.5. The highest BCUT2D eigenvalue weighted by molar-refractivity contribution is 7.89. The molecule has 0 aromatic carbocycles. The van der Waals surface area contributed by atoms with E-state index in [-0.39, 0.29) is 12.0 Å². The van der Waals surface area contributed by atoms with Crippen LogP contribution in [-0.2, 0) is 16.6 Å². The summed E-state index contributed by atoms with van der Waals surface area (Å²) in [7, 11) is -3.46. The van der Waals surface area contributed by atoms with Crippen LogP contribution in [-0.4, -0.2) is 24.6 Å². The van der Waals surface area contributed by atoms with Crippen LogP contribution in [0.4, 0.5) is 0 Å². The molecule has 0 atom stereocenters. The molecule has 3 saturated carbocycles. The molecular weight excluding hydrogens is 288 g/mol. The van der Waals surface area contributed by atoms with E-state index >= 15 is 0 Å².